The van der Waals surface area contributed by atoms with Gasteiger partial charge in [-0.3, -0.25) is 9.79 Å². The third-order valence-corrected chi connectivity index (χ3v) is 3.47. The highest BCUT2D eigenvalue weighted by molar-refractivity contribution is 7.94. The van der Waals surface area contributed by atoms with Gasteiger partial charge >= 0.3 is 0 Å². The van der Waals surface area contributed by atoms with Crippen LogP contribution in [0, 0.1) is 0 Å². The number of nitrogens with zero attached hydrogens (tertiary/aromatic N) is 1. The summed E-state index contributed by atoms with van der Waals surface area (Å²) in [5.41, 5.74) is 0.826. The fourth-order valence-electron chi connectivity index (χ4n) is 1.29. The Kier molecular flexibility index (Phi) is 2.24. The van der Waals surface area contributed by atoms with Crippen molar-refractivity contribution in [3.63, 3.8) is 0 Å². The molecule has 0 saturated heterocycles. The molecule has 4 nitrogen and oxygen atoms in total. The number of hydrogen-bond acceptors (Lipinski definition) is 4. The van der Waals surface area contributed by atoms with Crippen LogP contribution in [-0.4, -0.2) is 20.9 Å². The third kappa shape index (κ3) is 1.73. The van der Waals surface area contributed by atoms with Crippen molar-refractivity contribution in [1.29, 1.82) is 0 Å². The molecule has 0 aliphatic carbocycles. The minimum atomic E-state index is -3.48. The molecule has 76 valence electrons. The van der Waals surface area contributed by atoms with Gasteiger partial charge in [0.05, 0.1) is 10.3 Å². The van der Waals surface area contributed by atoms with E-state index in [2.05, 4.69) is 4.99 Å². The molecule has 0 spiro atoms. The topological polar surface area (TPSA) is 63.6 Å². The summed E-state index contributed by atoms with van der Waals surface area (Å²) in [6.45, 7) is 0. The molecule has 0 aromatic heterocycles. The maximum atomic E-state index is 11.7. The average molecular weight is 221 g/mol. The Balaban J connectivity index is 2.77. The van der Waals surface area contributed by atoms with Gasteiger partial charge in [0.2, 0.25) is 9.84 Å². The number of aliphatic imine (C=N–C) groups is 1. The molecule has 2 rings (SSSR count). The number of sulfone groups is 1. The van der Waals surface area contributed by atoms with Crippen molar-refractivity contribution in [2.45, 2.75) is 4.90 Å². The van der Waals surface area contributed by atoms with E-state index in [9.17, 15) is 13.2 Å². The van der Waals surface area contributed by atoms with Crippen LogP contribution in [0.3, 0.4) is 0 Å². The second-order valence-corrected chi connectivity index (χ2v) is 4.83. The molecule has 0 bridgehead atoms. The van der Waals surface area contributed by atoms with E-state index in [0.717, 1.165) is 5.41 Å². The number of benzene rings is 1. The molecule has 15 heavy (non-hydrogen) atoms. The van der Waals surface area contributed by atoms with Crippen LogP contribution in [0.5, 0.6) is 0 Å². The summed E-state index contributed by atoms with van der Waals surface area (Å²) in [6, 6.07) is 4.46. The zero-order valence-electron chi connectivity index (χ0n) is 7.62. The Morgan fingerprint density at radius 2 is 2.07 bits per heavy atom. The molecule has 0 atom stereocenters. The summed E-state index contributed by atoms with van der Waals surface area (Å²) in [4.78, 5) is 14.4. The van der Waals surface area contributed by atoms with E-state index in [0.29, 0.717) is 17.4 Å². The Hall–Kier alpha value is -1.75. The zero-order valence-corrected chi connectivity index (χ0v) is 8.44. The van der Waals surface area contributed by atoms with Gasteiger partial charge in [0.15, 0.2) is 0 Å². The van der Waals surface area contributed by atoms with Gasteiger partial charge in [-0.15, -0.1) is 0 Å². The fourth-order valence-corrected chi connectivity index (χ4v) is 2.42. The molecule has 1 aromatic rings. The second-order valence-electron chi connectivity index (χ2n) is 3.02. The summed E-state index contributed by atoms with van der Waals surface area (Å²) in [7, 11) is -3.48. The Morgan fingerprint density at radius 1 is 1.27 bits per heavy atom. The van der Waals surface area contributed by atoms with E-state index in [1.54, 1.807) is 12.1 Å². The zero-order chi connectivity index (χ0) is 10.9. The Labute approximate surface area is 86.9 Å². The van der Waals surface area contributed by atoms with Gasteiger partial charge in [-0.2, -0.15) is 0 Å². The van der Waals surface area contributed by atoms with Crippen molar-refractivity contribution < 1.29 is 13.2 Å². The summed E-state index contributed by atoms with van der Waals surface area (Å²) in [5.74, 6) is 0. The first kappa shape index (κ1) is 9.79. The highest BCUT2D eigenvalue weighted by atomic mass is 32.2. The van der Waals surface area contributed by atoms with E-state index in [1.807, 2.05) is 0 Å². The summed E-state index contributed by atoms with van der Waals surface area (Å²) in [6.07, 6.45) is 3.28. The lowest BCUT2D eigenvalue weighted by Gasteiger charge is -2.02. The molecule has 1 aliphatic rings. The lowest BCUT2D eigenvalue weighted by molar-refractivity contribution is 0.112. The highest BCUT2D eigenvalue weighted by Crippen LogP contribution is 2.20. The van der Waals surface area contributed by atoms with Crippen molar-refractivity contribution in [3.8, 4) is 0 Å². The molecule has 1 heterocycles. The van der Waals surface area contributed by atoms with Gasteiger partial charge in [-0.05, 0) is 6.07 Å². The summed E-state index contributed by atoms with van der Waals surface area (Å²) >= 11 is 0. The first-order valence-electron chi connectivity index (χ1n) is 4.17. The minimum absolute atomic E-state index is 0.115. The van der Waals surface area contributed by atoms with Crippen LogP contribution in [0.25, 0.3) is 0 Å². The minimum Gasteiger partial charge on any atom is -0.298 e. The largest absolute Gasteiger partial charge is 0.298 e. The maximum Gasteiger partial charge on any atom is 0.201 e. The molecule has 1 aromatic carbocycles. The van der Waals surface area contributed by atoms with Crippen molar-refractivity contribution in [2.24, 2.45) is 4.99 Å². The molecular weight excluding hydrogens is 214 g/mol. The van der Waals surface area contributed by atoms with Crippen LogP contribution in [-0.2, 0) is 9.84 Å². The van der Waals surface area contributed by atoms with Crippen LogP contribution < -0.4 is 0 Å². The van der Waals surface area contributed by atoms with Gasteiger partial charge in [0.1, 0.15) is 6.29 Å². The van der Waals surface area contributed by atoms with Crippen molar-refractivity contribution >= 4 is 22.3 Å². The Morgan fingerprint density at radius 3 is 2.80 bits per heavy atom. The lowest BCUT2D eigenvalue weighted by Crippen LogP contribution is -2.01. The molecule has 0 radical (unpaired) electrons. The van der Waals surface area contributed by atoms with Crippen molar-refractivity contribution in [2.75, 3.05) is 0 Å². The first-order valence-corrected chi connectivity index (χ1v) is 5.72. The number of carbonyl (C=O) groups is 1. The molecule has 0 fully saturated rings. The number of hydrogen-bond donors (Lipinski definition) is 0. The molecule has 0 N–H and O–H groups in total. The second kappa shape index (κ2) is 3.43. The van der Waals surface area contributed by atoms with Gasteiger partial charge in [0.25, 0.3) is 0 Å². The molecule has 0 amide bonds. The van der Waals surface area contributed by atoms with Gasteiger partial charge in [-0.25, -0.2) is 8.42 Å². The van der Waals surface area contributed by atoms with Gasteiger partial charge in [0, 0.05) is 23.5 Å². The number of fused-ring (bicyclic) bond motifs is 1. The standard InChI is InChI=1S/C10H7NO3S/c12-7-8-1-2-9-6-11-3-4-15(13,14)10(9)5-8/h1-7H. The normalized spacial score (nSPS) is 16.8. The number of carbonyl (C=O) groups excluding carboxylic acids is 1. The SMILES string of the molecule is O=Cc1ccc2c(c1)S(=O)(=O)C=CN=C2. The quantitative estimate of drug-likeness (QED) is 0.669. The lowest BCUT2D eigenvalue weighted by atomic mass is 10.1. The van der Waals surface area contributed by atoms with E-state index < -0.39 is 9.84 Å². The fraction of sp³-hybridized carbons (Fsp3) is 0. The number of rotatable bonds is 1. The predicted molar refractivity (Wildman–Crippen MR) is 55.7 cm³/mol. The van der Waals surface area contributed by atoms with E-state index in [1.165, 1.54) is 18.5 Å². The van der Waals surface area contributed by atoms with Crippen LogP contribution in [0.4, 0.5) is 0 Å². The van der Waals surface area contributed by atoms with Crippen LogP contribution in [0.15, 0.2) is 39.7 Å². The molecule has 0 unspecified atom stereocenters. The van der Waals surface area contributed by atoms with E-state index in [4.69, 9.17) is 0 Å². The highest BCUT2D eigenvalue weighted by Gasteiger charge is 2.16. The van der Waals surface area contributed by atoms with Crippen LogP contribution >= 0.6 is 0 Å². The van der Waals surface area contributed by atoms with Crippen LogP contribution in [0.1, 0.15) is 15.9 Å². The third-order valence-electron chi connectivity index (χ3n) is 2.02. The number of aldehydes is 1. The smallest absolute Gasteiger partial charge is 0.201 e. The van der Waals surface area contributed by atoms with E-state index in [-0.39, 0.29) is 4.90 Å². The van der Waals surface area contributed by atoms with Crippen molar-refractivity contribution in [3.05, 3.63) is 40.9 Å². The molecule has 0 saturated carbocycles. The predicted octanol–water partition coefficient (Wildman–Crippen LogP) is 1.18. The maximum absolute atomic E-state index is 11.7. The molecular formula is C10H7NO3S. The molecule has 1 aliphatic heterocycles. The van der Waals surface area contributed by atoms with Crippen molar-refractivity contribution in [1.82, 2.24) is 0 Å². The molecule has 5 heteroatoms. The van der Waals surface area contributed by atoms with Gasteiger partial charge < -0.3 is 0 Å². The average Bonchev–Trinajstić information content (AvgIpc) is 2.37. The van der Waals surface area contributed by atoms with Crippen LogP contribution in [0.2, 0.25) is 0 Å². The monoisotopic (exact) mass is 221 g/mol. The summed E-state index contributed by atoms with van der Waals surface area (Å²) < 4.78 is 23.4. The first-order chi connectivity index (χ1) is 7.13. The Bertz CT molecular complexity index is 570. The van der Waals surface area contributed by atoms with E-state index >= 15 is 0 Å². The van der Waals surface area contributed by atoms with Gasteiger partial charge in [-0.1, -0.05) is 12.1 Å². The summed E-state index contributed by atoms with van der Waals surface area (Å²) in [5, 5.41) is 1.02.